The highest BCUT2D eigenvalue weighted by molar-refractivity contribution is 5.95. The fraction of sp³-hybridized carbons (Fsp3) is 0.158. The molecule has 0 bridgehead atoms. The maximum atomic E-state index is 12.3. The lowest BCUT2D eigenvalue weighted by atomic mass is 10.0. The number of benzene rings is 2. The van der Waals surface area contributed by atoms with E-state index in [1.165, 1.54) is 17.9 Å². The number of carbonyl (C=O) groups excluding carboxylic acids is 3. The quantitative estimate of drug-likeness (QED) is 0.528. The van der Waals surface area contributed by atoms with Crippen LogP contribution < -0.4 is 16.2 Å². The van der Waals surface area contributed by atoms with Crippen molar-refractivity contribution in [1.29, 1.82) is 0 Å². The van der Waals surface area contributed by atoms with Crippen LogP contribution in [0.1, 0.15) is 35.3 Å². The molecule has 0 aliphatic rings. The highest BCUT2D eigenvalue weighted by atomic mass is 16.2. The molecule has 0 saturated carbocycles. The molecule has 3 rings (SSSR count). The number of amides is 3. The molecule has 1 atom stereocenters. The van der Waals surface area contributed by atoms with Gasteiger partial charge in [0.1, 0.15) is 6.33 Å². The van der Waals surface area contributed by atoms with Gasteiger partial charge in [0, 0.05) is 12.5 Å². The number of hydrogen-bond donors (Lipinski definition) is 3. The molecule has 3 amide bonds. The first-order valence-electron chi connectivity index (χ1n) is 8.77. The highest BCUT2D eigenvalue weighted by Crippen LogP contribution is 2.16. The van der Waals surface area contributed by atoms with E-state index >= 15 is 0 Å². The molecule has 148 valence electrons. The molecule has 0 aliphatic carbocycles. The molecule has 0 radical (unpaired) electrons. The van der Waals surface area contributed by atoms with Gasteiger partial charge in [0.05, 0.1) is 18.2 Å². The first-order chi connectivity index (χ1) is 14.0. The summed E-state index contributed by atoms with van der Waals surface area (Å²) in [7, 11) is 0. The predicted molar refractivity (Wildman–Crippen MR) is 102 cm³/mol. The van der Waals surface area contributed by atoms with Gasteiger partial charge in [-0.25, -0.2) is 4.68 Å². The third-order valence-corrected chi connectivity index (χ3v) is 4.03. The van der Waals surface area contributed by atoms with Gasteiger partial charge in [0.2, 0.25) is 11.8 Å². The van der Waals surface area contributed by atoms with Crippen LogP contribution in [0.15, 0.2) is 60.9 Å². The molecule has 0 unspecified atom stereocenters. The molecule has 10 nitrogen and oxygen atoms in total. The maximum absolute atomic E-state index is 12.3. The lowest BCUT2D eigenvalue weighted by Gasteiger charge is -2.18. The van der Waals surface area contributed by atoms with Crippen LogP contribution >= 0.6 is 0 Å². The smallest absolute Gasteiger partial charge is 0.269 e. The minimum atomic E-state index is -0.499. The molecule has 29 heavy (non-hydrogen) atoms. The van der Waals surface area contributed by atoms with Crippen LogP contribution in [0.2, 0.25) is 0 Å². The summed E-state index contributed by atoms with van der Waals surface area (Å²) >= 11 is 0. The van der Waals surface area contributed by atoms with E-state index in [1.54, 1.807) is 24.3 Å². The van der Waals surface area contributed by atoms with Crippen LogP contribution in [0.3, 0.4) is 0 Å². The molecule has 0 spiro atoms. The molecule has 2 aromatic carbocycles. The van der Waals surface area contributed by atoms with Crippen molar-refractivity contribution in [1.82, 2.24) is 36.4 Å². The molecule has 10 heteroatoms. The molecular weight excluding hydrogens is 374 g/mol. The Morgan fingerprint density at radius 1 is 1.00 bits per heavy atom. The Morgan fingerprint density at radius 2 is 1.72 bits per heavy atom. The Morgan fingerprint density at radius 3 is 2.34 bits per heavy atom. The normalized spacial score (nSPS) is 11.3. The van der Waals surface area contributed by atoms with Gasteiger partial charge in [-0.1, -0.05) is 30.3 Å². The van der Waals surface area contributed by atoms with Crippen molar-refractivity contribution in [3.63, 3.8) is 0 Å². The van der Waals surface area contributed by atoms with Gasteiger partial charge in [-0.3, -0.25) is 25.2 Å². The van der Waals surface area contributed by atoms with E-state index in [0.717, 1.165) is 5.56 Å². The fourth-order valence-corrected chi connectivity index (χ4v) is 2.66. The van der Waals surface area contributed by atoms with Crippen molar-refractivity contribution in [2.45, 2.75) is 19.4 Å². The first kappa shape index (κ1) is 19.7. The van der Waals surface area contributed by atoms with Crippen LogP contribution in [0.25, 0.3) is 5.69 Å². The second-order valence-electron chi connectivity index (χ2n) is 6.17. The summed E-state index contributed by atoms with van der Waals surface area (Å²) in [5, 5.41) is 13.6. The first-order valence-corrected chi connectivity index (χ1v) is 8.77. The second-order valence-corrected chi connectivity index (χ2v) is 6.17. The molecule has 0 aliphatic heterocycles. The van der Waals surface area contributed by atoms with E-state index in [2.05, 4.69) is 31.7 Å². The number of nitrogens with zero attached hydrogens (tertiary/aromatic N) is 4. The summed E-state index contributed by atoms with van der Waals surface area (Å²) in [4.78, 5) is 35.9. The van der Waals surface area contributed by atoms with Crippen LogP contribution in [0.5, 0.6) is 0 Å². The Kier molecular flexibility index (Phi) is 6.25. The maximum Gasteiger partial charge on any atom is 0.269 e. The number of tetrazole rings is 1. The molecule has 0 saturated heterocycles. The van der Waals surface area contributed by atoms with E-state index in [4.69, 9.17) is 0 Å². The van der Waals surface area contributed by atoms with Crippen molar-refractivity contribution in [2.24, 2.45) is 0 Å². The van der Waals surface area contributed by atoms with Crippen LogP contribution in [0.4, 0.5) is 0 Å². The summed E-state index contributed by atoms with van der Waals surface area (Å²) in [5.41, 5.74) is 6.57. The van der Waals surface area contributed by atoms with Gasteiger partial charge in [-0.15, -0.1) is 5.10 Å². The number of aromatic nitrogens is 4. The van der Waals surface area contributed by atoms with Crippen LogP contribution in [-0.4, -0.2) is 37.9 Å². The Hall–Kier alpha value is -4.08. The second kappa shape index (κ2) is 9.22. The average Bonchev–Trinajstić information content (AvgIpc) is 3.27. The number of hydrogen-bond acceptors (Lipinski definition) is 6. The van der Waals surface area contributed by atoms with E-state index in [-0.39, 0.29) is 12.3 Å². The Labute approximate surface area is 166 Å². The number of carbonyl (C=O) groups is 3. The molecular formula is C19H19N7O3. The van der Waals surface area contributed by atoms with Crippen molar-refractivity contribution in [3.8, 4) is 5.69 Å². The van der Waals surface area contributed by atoms with E-state index in [0.29, 0.717) is 11.3 Å². The van der Waals surface area contributed by atoms with Gasteiger partial charge < -0.3 is 5.32 Å². The SMILES string of the molecule is CC(=O)N[C@@H](CC(=O)NNC(=O)c1ccc(-n2cnnn2)cc1)c1ccccc1. The van der Waals surface area contributed by atoms with Crippen LogP contribution in [0, 0.1) is 0 Å². The topological polar surface area (TPSA) is 131 Å². The lowest BCUT2D eigenvalue weighted by molar-refractivity contribution is -0.123. The van der Waals surface area contributed by atoms with Crippen molar-refractivity contribution in [3.05, 3.63) is 72.1 Å². The number of hydrazine groups is 1. The van der Waals surface area contributed by atoms with Gasteiger partial charge in [-0.05, 0) is 40.3 Å². The Bertz CT molecular complexity index is 973. The van der Waals surface area contributed by atoms with Gasteiger partial charge in [0.25, 0.3) is 5.91 Å². The number of rotatable bonds is 6. The van der Waals surface area contributed by atoms with Crippen LogP contribution in [-0.2, 0) is 9.59 Å². The fourth-order valence-electron chi connectivity index (χ4n) is 2.66. The van der Waals surface area contributed by atoms with Crippen molar-refractivity contribution in [2.75, 3.05) is 0 Å². The van der Waals surface area contributed by atoms with E-state index < -0.39 is 17.9 Å². The van der Waals surface area contributed by atoms with Gasteiger partial charge in [0.15, 0.2) is 0 Å². The molecule has 3 N–H and O–H groups in total. The zero-order valence-electron chi connectivity index (χ0n) is 15.6. The lowest BCUT2D eigenvalue weighted by Crippen LogP contribution is -2.43. The van der Waals surface area contributed by atoms with Crippen molar-refractivity contribution >= 4 is 17.7 Å². The minimum absolute atomic E-state index is 0.0257. The van der Waals surface area contributed by atoms with E-state index in [9.17, 15) is 14.4 Å². The standard InChI is InChI=1S/C19H19N7O3/c1-13(27)21-17(14-5-3-2-4-6-14)11-18(28)22-23-19(29)15-7-9-16(10-8-15)26-12-20-24-25-26/h2-10,12,17H,11H2,1H3,(H,21,27)(H,22,28)(H,23,29)/t17-/m0/s1. The summed E-state index contributed by atoms with van der Waals surface area (Å²) < 4.78 is 1.45. The molecule has 1 aromatic heterocycles. The average molecular weight is 393 g/mol. The third kappa shape index (κ3) is 5.45. The van der Waals surface area contributed by atoms with Gasteiger partial charge in [-0.2, -0.15) is 0 Å². The Balaban J connectivity index is 1.56. The summed E-state index contributed by atoms with van der Waals surface area (Å²) in [6.07, 6.45) is 1.41. The predicted octanol–water partition coefficient (Wildman–Crippen LogP) is 0.691. The molecule has 1 heterocycles. The van der Waals surface area contributed by atoms with E-state index in [1.807, 2.05) is 30.3 Å². The van der Waals surface area contributed by atoms with Gasteiger partial charge >= 0.3 is 0 Å². The summed E-state index contributed by atoms with van der Waals surface area (Å²) in [6.45, 7) is 1.38. The highest BCUT2D eigenvalue weighted by Gasteiger charge is 2.17. The monoisotopic (exact) mass is 393 g/mol. The zero-order chi connectivity index (χ0) is 20.6. The number of nitrogens with one attached hydrogen (secondary N) is 3. The minimum Gasteiger partial charge on any atom is -0.349 e. The van der Waals surface area contributed by atoms with Crippen molar-refractivity contribution < 1.29 is 14.4 Å². The zero-order valence-corrected chi connectivity index (χ0v) is 15.6. The molecule has 3 aromatic rings. The summed E-state index contributed by atoms with van der Waals surface area (Å²) in [6, 6.07) is 15.2. The summed E-state index contributed by atoms with van der Waals surface area (Å²) in [5.74, 6) is -1.16. The largest absolute Gasteiger partial charge is 0.349 e. The third-order valence-electron chi connectivity index (χ3n) is 4.03. The molecule has 0 fully saturated rings.